The zero-order chi connectivity index (χ0) is 19.6. The molecule has 140 valence electrons. The minimum absolute atomic E-state index is 0.0917. The first kappa shape index (κ1) is 16.8. The molecule has 0 spiro atoms. The van der Waals surface area contributed by atoms with Gasteiger partial charge in [-0.1, -0.05) is 111 Å². The van der Waals surface area contributed by atoms with E-state index in [1.807, 2.05) is 0 Å². The first-order valence-corrected chi connectivity index (χ1v) is 10.5. The topological polar surface area (TPSA) is 0 Å². The molecule has 2 aliphatic rings. The van der Waals surface area contributed by atoms with E-state index in [0.29, 0.717) is 11.8 Å². The maximum Gasteiger partial charge on any atom is 0.00875 e. The lowest BCUT2D eigenvalue weighted by atomic mass is 9.66. The quantitative estimate of drug-likeness (QED) is 0.335. The predicted octanol–water partition coefficient (Wildman–Crippen LogP) is 7.94. The lowest BCUT2D eigenvalue weighted by Gasteiger charge is -2.37. The summed E-state index contributed by atoms with van der Waals surface area (Å²) in [6, 6.07) is 26.8. The number of fused-ring (bicyclic) bond motifs is 6. The van der Waals surface area contributed by atoms with Crippen LogP contribution < -0.4 is 0 Å². The third-order valence-corrected chi connectivity index (χ3v) is 7.19. The van der Waals surface area contributed by atoms with E-state index in [1.165, 1.54) is 43.8 Å². The van der Waals surface area contributed by atoms with Crippen LogP contribution in [0.1, 0.15) is 47.9 Å². The van der Waals surface area contributed by atoms with Crippen LogP contribution in [0.25, 0.3) is 33.7 Å². The van der Waals surface area contributed by atoms with Crippen LogP contribution in [0.5, 0.6) is 0 Å². The molecule has 0 saturated carbocycles. The maximum absolute atomic E-state index is 2.44. The Kier molecular flexibility index (Phi) is 3.44. The van der Waals surface area contributed by atoms with Crippen LogP contribution in [0.15, 0.2) is 84.9 Å². The molecule has 0 heterocycles. The minimum Gasteiger partial charge on any atom is -0.0758 e. The molecule has 4 aromatic rings. The fourth-order valence-electron chi connectivity index (χ4n) is 5.62. The van der Waals surface area contributed by atoms with Crippen LogP contribution in [-0.4, -0.2) is 0 Å². The van der Waals surface area contributed by atoms with Crippen molar-refractivity contribution in [2.45, 2.75) is 25.7 Å². The van der Waals surface area contributed by atoms with Crippen molar-refractivity contribution in [2.24, 2.45) is 5.41 Å². The van der Waals surface area contributed by atoms with Gasteiger partial charge >= 0.3 is 0 Å². The van der Waals surface area contributed by atoms with E-state index in [-0.39, 0.29) is 5.41 Å². The Morgan fingerprint density at radius 3 is 1.48 bits per heavy atom. The van der Waals surface area contributed by atoms with Gasteiger partial charge in [-0.3, -0.25) is 0 Å². The fourth-order valence-corrected chi connectivity index (χ4v) is 5.62. The highest BCUT2D eigenvalue weighted by molar-refractivity contribution is 5.95. The number of hydrogen-bond donors (Lipinski definition) is 0. The zero-order valence-electron chi connectivity index (χ0n) is 16.9. The third kappa shape index (κ3) is 2.32. The van der Waals surface area contributed by atoms with Gasteiger partial charge in [0.05, 0.1) is 0 Å². The lowest BCUT2D eigenvalue weighted by molar-refractivity contribution is 0.292. The second-order valence-electron chi connectivity index (χ2n) is 9.07. The Labute approximate surface area is 172 Å². The van der Waals surface area contributed by atoms with Crippen molar-refractivity contribution in [3.63, 3.8) is 0 Å². The van der Waals surface area contributed by atoms with E-state index in [1.54, 1.807) is 0 Å². The summed E-state index contributed by atoms with van der Waals surface area (Å²) in [7, 11) is 0. The molecule has 6 rings (SSSR count). The second kappa shape index (κ2) is 5.94. The van der Waals surface area contributed by atoms with Gasteiger partial charge in [0.25, 0.3) is 0 Å². The molecule has 2 unspecified atom stereocenters. The first-order valence-electron chi connectivity index (χ1n) is 10.5. The summed E-state index contributed by atoms with van der Waals surface area (Å²) in [5.41, 5.74) is 5.84. The van der Waals surface area contributed by atoms with Crippen molar-refractivity contribution >= 4 is 33.7 Å². The van der Waals surface area contributed by atoms with Gasteiger partial charge in [0.15, 0.2) is 0 Å². The molecule has 0 amide bonds. The summed E-state index contributed by atoms with van der Waals surface area (Å²) < 4.78 is 0. The Hall–Kier alpha value is -3.12. The molecule has 2 atom stereocenters. The molecule has 2 aliphatic carbocycles. The maximum atomic E-state index is 2.44. The van der Waals surface area contributed by atoms with Crippen LogP contribution in [0, 0.1) is 5.41 Å². The van der Waals surface area contributed by atoms with E-state index >= 15 is 0 Å². The van der Waals surface area contributed by atoms with E-state index in [2.05, 4.69) is 111 Å². The molecular formula is C29H24. The molecule has 0 radical (unpaired) electrons. The second-order valence-corrected chi connectivity index (χ2v) is 9.07. The van der Waals surface area contributed by atoms with Gasteiger partial charge in [-0.05, 0) is 49.2 Å². The van der Waals surface area contributed by atoms with Crippen LogP contribution >= 0.6 is 0 Å². The Balaban J connectivity index is 1.46. The van der Waals surface area contributed by atoms with E-state index in [0.717, 1.165) is 0 Å². The third-order valence-electron chi connectivity index (χ3n) is 7.19. The smallest absolute Gasteiger partial charge is 0.00875 e. The van der Waals surface area contributed by atoms with Crippen molar-refractivity contribution in [2.75, 3.05) is 0 Å². The molecule has 29 heavy (non-hydrogen) atoms. The fraction of sp³-hybridized carbons (Fsp3) is 0.172. The molecule has 0 fully saturated rings. The highest BCUT2D eigenvalue weighted by Gasteiger charge is 2.41. The van der Waals surface area contributed by atoms with Gasteiger partial charge in [0, 0.05) is 11.8 Å². The molecular weight excluding hydrogens is 348 g/mol. The molecule has 0 aromatic heterocycles. The average Bonchev–Trinajstić information content (AvgIpc) is 3.39. The van der Waals surface area contributed by atoms with Crippen molar-refractivity contribution < 1.29 is 0 Å². The number of allylic oxidation sites excluding steroid dienone is 2. The van der Waals surface area contributed by atoms with E-state index in [9.17, 15) is 0 Å². The van der Waals surface area contributed by atoms with Crippen molar-refractivity contribution in [3.05, 3.63) is 107 Å². The van der Waals surface area contributed by atoms with Crippen molar-refractivity contribution in [1.82, 2.24) is 0 Å². The molecule has 0 heteroatoms. The Morgan fingerprint density at radius 2 is 1.00 bits per heavy atom. The molecule has 0 saturated heterocycles. The van der Waals surface area contributed by atoms with Gasteiger partial charge in [0.1, 0.15) is 0 Å². The van der Waals surface area contributed by atoms with Crippen molar-refractivity contribution in [1.29, 1.82) is 0 Å². The van der Waals surface area contributed by atoms with Crippen LogP contribution in [-0.2, 0) is 0 Å². The number of benzene rings is 4. The monoisotopic (exact) mass is 372 g/mol. The SMILES string of the molecule is CC(C)(C1C=Cc2c1ccc1ccccc21)C1C=Cc2c1ccc1ccccc21. The minimum atomic E-state index is 0.0917. The van der Waals surface area contributed by atoms with Crippen LogP contribution in [0.3, 0.4) is 0 Å². The summed E-state index contributed by atoms with van der Waals surface area (Å²) in [5, 5.41) is 5.39. The summed E-state index contributed by atoms with van der Waals surface area (Å²) >= 11 is 0. The van der Waals surface area contributed by atoms with E-state index < -0.39 is 0 Å². The average molecular weight is 373 g/mol. The molecule has 4 aromatic carbocycles. The van der Waals surface area contributed by atoms with Gasteiger partial charge in [-0.15, -0.1) is 0 Å². The zero-order valence-corrected chi connectivity index (χ0v) is 16.9. The van der Waals surface area contributed by atoms with Crippen LogP contribution in [0.4, 0.5) is 0 Å². The van der Waals surface area contributed by atoms with E-state index in [4.69, 9.17) is 0 Å². The predicted molar refractivity (Wildman–Crippen MR) is 125 cm³/mol. The highest BCUT2D eigenvalue weighted by atomic mass is 14.4. The molecule has 0 nitrogen and oxygen atoms in total. The standard InChI is InChI=1S/C29H24/c1-29(2,27-17-15-23-21-9-5-3-7-19(21)11-13-25(23)27)28-18-16-24-22-10-6-4-8-20(22)12-14-26(24)28/h3-18,27-28H,1-2H3. The molecule has 0 N–H and O–H groups in total. The number of hydrogen-bond acceptors (Lipinski definition) is 0. The Bertz CT molecular complexity index is 1230. The van der Waals surface area contributed by atoms with Crippen LogP contribution in [0.2, 0.25) is 0 Å². The lowest BCUT2D eigenvalue weighted by Crippen LogP contribution is -2.26. The summed E-state index contributed by atoms with van der Waals surface area (Å²) in [4.78, 5) is 0. The number of rotatable bonds is 2. The summed E-state index contributed by atoms with van der Waals surface area (Å²) in [6.45, 7) is 4.87. The first-order chi connectivity index (χ1) is 14.1. The Morgan fingerprint density at radius 1 is 0.552 bits per heavy atom. The van der Waals surface area contributed by atoms with Gasteiger partial charge in [0.2, 0.25) is 0 Å². The van der Waals surface area contributed by atoms with Gasteiger partial charge in [-0.2, -0.15) is 0 Å². The summed E-state index contributed by atoms with van der Waals surface area (Å²) in [6.07, 6.45) is 9.57. The highest BCUT2D eigenvalue weighted by Crippen LogP contribution is 2.54. The summed E-state index contributed by atoms with van der Waals surface area (Å²) in [5.74, 6) is 0.823. The van der Waals surface area contributed by atoms with Gasteiger partial charge < -0.3 is 0 Å². The largest absolute Gasteiger partial charge is 0.0758 e. The molecule has 0 bridgehead atoms. The van der Waals surface area contributed by atoms with Gasteiger partial charge in [-0.25, -0.2) is 0 Å². The molecule has 0 aliphatic heterocycles. The van der Waals surface area contributed by atoms with Crippen molar-refractivity contribution in [3.8, 4) is 0 Å². The normalized spacial score (nSPS) is 19.8.